The number of nitrogens with two attached hydrogens (primary N) is 1. The summed E-state index contributed by atoms with van der Waals surface area (Å²) in [6.07, 6.45) is 6.96. The van der Waals surface area contributed by atoms with Crippen molar-refractivity contribution in [2.45, 2.75) is 65.0 Å². The van der Waals surface area contributed by atoms with Gasteiger partial charge in [0.2, 0.25) is 5.91 Å². The van der Waals surface area contributed by atoms with Crippen LogP contribution in [0.5, 0.6) is 0 Å². The molecule has 1 aliphatic rings. The summed E-state index contributed by atoms with van der Waals surface area (Å²) in [5, 5.41) is 5.96. The molecule has 5 heteroatoms. The van der Waals surface area contributed by atoms with Gasteiger partial charge in [0, 0.05) is 18.2 Å². The number of benzene rings is 1. The molecule has 132 valence electrons. The molecule has 0 saturated heterocycles. The fourth-order valence-electron chi connectivity index (χ4n) is 3.54. The lowest BCUT2D eigenvalue weighted by molar-refractivity contribution is 0.1000. The van der Waals surface area contributed by atoms with Crippen LogP contribution >= 0.6 is 0 Å². The molecule has 4 N–H and O–H groups in total. The zero-order chi connectivity index (χ0) is 17.6. The molecule has 1 aromatic rings. The van der Waals surface area contributed by atoms with Crippen molar-refractivity contribution in [2.24, 2.45) is 11.1 Å². The normalized spacial score (nSPS) is 17.2. The highest BCUT2D eigenvalue weighted by molar-refractivity contribution is 5.92. The van der Waals surface area contributed by atoms with Crippen molar-refractivity contribution in [3.8, 4) is 0 Å². The van der Waals surface area contributed by atoms with E-state index in [1.165, 1.54) is 25.7 Å². The molecule has 1 aromatic carbocycles. The SMILES string of the molecule is CCC1(CC)CCC(NC(=O)NCc2ccc(C(N)=O)cc2)CC1. The second kappa shape index (κ2) is 8.18. The number of carbonyl (C=O) groups is 2. The van der Waals surface area contributed by atoms with E-state index in [1.807, 2.05) is 0 Å². The zero-order valence-corrected chi connectivity index (χ0v) is 14.7. The van der Waals surface area contributed by atoms with Crippen LogP contribution in [-0.4, -0.2) is 18.0 Å². The summed E-state index contributed by atoms with van der Waals surface area (Å²) in [7, 11) is 0. The summed E-state index contributed by atoms with van der Waals surface area (Å²) in [6, 6.07) is 7.10. The quantitative estimate of drug-likeness (QED) is 0.747. The monoisotopic (exact) mass is 331 g/mol. The number of hydrogen-bond acceptors (Lipinski definition) is 2. The third-order valence-corrected chi connectivity index (χ3v) is 5.57. The third kappa shape index (κ3) is 4.73. The van der Waals surface area contributed by atoms with Gasteiger partial charge in [0.05, 0.1) is 0 Å². The topological polar surface area (TPSA) is 84.2 Å². The summed E-state index contributed by atoms with van der Waals surface area (Å²) in [6.45, 7) is 4.98. The first-order valence-electron chi connectivity index (χ1n) is 8.91. The van der Waals surface area contributed by atoms with Crippen molar-refractivity contribution < 1.29 is 9.59 Å². The molecular formula is C19H29N3O2. The van der Waals surface area contributed by atoms with Gasteiger partial charge in [-0.3, -0.25) is 4.79 Å². The van der Waals surface area contributed by atoms with Gasteiger partial charge in [-0.25, -0.2) is 4.79 Å². The van der Waals surface area contributed by atoms with Crippen molar-refractivity contribution >= 4 is 11.9 Å². The van der Waals surface area contributed by atoms with Gasteiger partial charge in [0.15, 0.2) is 0 Å². The Labute approximate surface area is 144 Å². The Kier molecular flexibility index (Phi) is 6.23. The van der Waals surface area contributed by atoms with Gasteiger partial charge < -0.3 is 16.4 Å². The van der Waals surface area contributed by atoms with Gasteiger partial charge in [-0.1, -0.05) is 38.8 Å². The molecule has 1 aliphatic carbocycles. The van der Waals surface area contributed by atoms with Crippen LogP contribution in [0, 0.1) is 5.41 Å². The second-order valence-electron chi connectivity index (χ2n) is 6.87. The van der Waals surface area contributed by atoms with Crippen LogP contribution in [0.4, 0.5) is 4.79 Å². The van der Waals surface area contributed by atoms with E-state index in [0.29, 0.717) is 17.5 Å². The molecule has 3 amide bonds. The predicted octanol–water partition coefficient (Wildman–Crippen LogP) is 3.33. The lowest BCUT2D eigenvalue weighted by atomic mass is 9.69. The Morgan fingerprint density at radius 3 is 2.21 bits per heavy atom. The molecule has 0 aliphatic heterocycles. The largest absolute Gasteiger partial charge is 0.366 e. The number of rotatable bonds is 6. The van der Waals surface area contributed by atoms with Crippen LogP contribution in [-0.2, 0) is 6.54 Å². The number of amides is 3. The smallest absolute Gasteiger partial charge is 0.315 e. The Bertz CT molecular complexity index is 554. The summed E-state index contributed by atoms with van der Waals surface area (Å²) in [5.74, 6) is -0.445. The van der Waals surface area contributed by atoms with Crippen LogP contribution < -0.4 is 16.4 Å². The molecular weight excluding hydrogens is 302 g/mol. The van der Waals surface area contributed by atoms with E-state index < -0.39 is 5.91 Å². The summed E-state index contributed by atoms with van der Waals surface area (Å²) < 4.78 is 0. The Balaban J connectivity index is 1.75. The number of primary amides is 1. The first-order chi connectivity index (χ1) is 11.5. The second-order valence-corrected chi connectivity index (χ2v) is 6.87. The molecule has 0 heterocycles. The standard InChI is InChI=1S/C19H29N3O2/c1-3-19(4-2)11-9-16(10-12-19)22-18(24)21-13-14-5-7-15(8-6-14)17(20)23/h5-8,16H,3-4,9-13H2,1-2H3,(H2,20,23)(H2,21,22,24). The minimum atomic E-state index is -0.445. The van der Waals surface area contributed by atoms with E-state index in [2.05, 4.69) is 24.5 Å². The molecule has 1 saturated carbocycles. The van der Waals surface area contributed by atoms with E-state index in [-0.39, 0.29) is 12.1 Å². The highest BCUT2D eigenvalue weighted by Gasteiger charge is 2.32. The van der Waals surface area contributed by atoms with Crippen molar-refractivity contribution in [3.05, 3.63) is 35.4 Å². The van der Waals surface area contributed by atoms with Gasteiger partial charge in [-0.2, -0.15) is 0 Å². The molecule has 0 aromatic heterocycles. The highest BCUT2D eigenvalue weighted by Crippen LogP contribution is 2.41. The molecule has 1 fully saturated rings. The van der Waals surface area contributed by atoms with E-state index in [0.717, 1.165) is 18.4 Å². The average molecular weight is 331 g/mol. The fourth-order valence-corrected chi connectivity index (χ4v) is 3.54. The van der Waals surface area contributed by atoms with Crippen LogP contribution in [0.1, 0.15) is 68.3 Å². The minimum Gasteiger partial charge on any atom is -0.366 e. The highest BCUT2D eigenvalue weighted by atomic mass is 16.2. The number of hydrogen-bond donors (Lipinski definition) is 3. The van der Waals surface area contributed by atoms with E-state index >= 15 is 0 Å². The maximum Gasteiger partial charge on any atom is 0.315 e. The molecule has 0 unspecified atom stereocenters. The fraction of sp³-hybridized carbons (Fsp3) is 0.579. The van der Waals surface area contributed by atoms with Crippen LogP contribution in [0.3, 0.4) is 0 Å². The van der Waals surface area contributed by atoms with Gasteiger partial charge in [0.25, 0.3) is 0 Å². The summed E-state index contributed by atoms with van der Waals surface area (Å²) in [5.41, 5.74) is 7.11. The third-order valence-electron chi connectivity index (χ3n) is 5.57. The molecule has 0 radical (unpaired) electrons. The van der Waals surface area contributed by atoms with Gasteiger partial charge in [-0.05, 0) is 48.8 Å². The summed E-state index contributed by atoms with van der Waals surface area (Å²) in [4.78, 5) is 23.1. The van der Waals surface area contributed by atoms with E-state index in [4.69, 9.17) is 5.73 Å². The Morgan fingerprint density at radius 2 is 1.71 bits per heavy atom. The Morgan fingerprint density at radius 1 is 1.12 bits per heavy atom. The van der Waals surface area contributed by atoms with Gasteiger partial charge in [0.1, 0.15) is 0 Å². The van der Waals surface area contributed by atoms with Crippen molar-refractivity contribution in [3.63, 3.8) is 0 Å². The zero-order valence-electron chi connectivity index (χ0n) is 14.7. The lowest BCUT2D eigenvalue weighted by Crippen LogP contribution is -2.44. The van der Waals surface area contributed by atoms with E-state index in [9.17, 15) is 9.59 Å². The first kappa shape index (κ1) is 18.3. The molecule has 24 heavy (non-hydrogen) atoms. The maximum absolute atomic E-state index is 12.1. The van der Waals surface area contributed by atoms with E-state index in [1.54, 1.807) is 24.3 Å². The molecule has 5 nitrogen and oxygen atoms in total. The molecule has 2 rings (SSSR count). The molecule has 0 bridgehead atoms. The minimum absolute atomic E-state index is 0.125. The number of nitrogens with one attached hydrogen (secondary N) is 2. The molecule has 0 spiro atoms. The van der Waals surface area contributed by atoms with Gasteiger partial charge in [-0.15, -0.1) is 0 Å². The van der Waals surface area contributed by atoms with Crippen molar-refractivity contribution in [1.29, 1.82) is 0 Å². The molecule has 0 atom stereocenters. The van der Waals surface area contributed by atoms with Crippen LogP contribution in [0.15, 0.2) is 24.3 Å². The van der Waals surface area contributed by atoms with Crippen LogP contribution in [0.25, 0.3) is 0 Å². The Hall–Kier alpha value is -2.04. The average Bonchev–Trinajstić information content (AvgIpc) is 2.61. The van der Waals surface area contributed by atoms with Gasteiger partial charge >= 0.3 is 6.03 Å². The first-order valence-corrected chi connectivity index (χ1v) is 8.91. The predicted molar refractivity (Wildman–Crippen MR) is 95.6 cm³/mol. The number of urea groups is 1. The lowest BCUT2D eigenvalue weighted by Gasteiger charge is -2.39. The maximum atomic E-state index is 12.1. The summed E-state index contributed by atoms with van der Waals surface area (Å²) >= 11 is 0. The van der Waals surface area contributed by atoms with Crippen molar-refractivity contribution in [2.75, 3.05) is 0 Å². The van der Waals surface area contributed by atoms with Crippen LogP contribution in [0.2, 0.25) is 0 Å². The van der Waals surface area contributed by atoms with Crippen molar-refractivity contribution in [1.82, 2.24) is 10.6 Å². The number of carbonyl (C=O) groups excluding carboxylic acids is 2.